The Bertz CT molecular complexity index is 1270. The Labute approximate surface area is 243 Å². The first-order chi connectivity index (χ1) is 17.2. The highest BCUT2D eigenvalue weighted by Crippen LogP contribution is 2.27. The molecule has 1 aliphatic rings. The summed E-state index contributed by atoms with van der Waals surface area (Å²) in [4.78, 5) is 4.25. The van der Waals surface area contributed by atoms with Gasteiger partial charge in [-0.15, -0.1) is 36.2 Å². The number of aryl methyl sites for hydroxylation is 2. The zero-order valence-corrected chi connectivity index (χ0v) is 25.5. The van der Waals surface area contributed by atoms with Crippen LogP contribution in [0.1, 0.15) is 60.1 Å². The first-order valence-electron chi connectivity index (χ1n) is 12.5. The van der Waals surface area contributed by atoms with Crippen molar-refractivity contribution in [3.63, 3.8) is 0 Å². The van der Waals surface area contributed by atoms with Crippen LogP contribution in [0, 0.1) is 13.8 Å². The van der Waals surface area contributed by atoms with Crippen molar-refractivity contribution >= 4 is 46.2 Å². The van der Waals surface area contributed by atoms with Gasteiger partial charge in [0.25, 0.3) is 10.0 Å². The molecule has 38 heavy (non-hydrogen) atoms. The van der Waals surface area contributed by atoms with E-state index in [0.717, 1.165) is 41.3 Å². The van der Waals surface area contributed by atoms with Crippen LogP contribution >= 0.6 is 36.2 Å². The Morgan fingerprint density at radius 2 is 1.84 bits per heavy atom. The molecule has 3 aromatic rings. The maximum atomic E-state index is 12.9. The Kier molecular flexibility index (Phi) is 12.5. The topological polar surface area (TPSA) is 92.4 Å². The predicted molar refractivity (Wildman–Crippen MR) is 159 cm³/mol. The number of hydrogen-bond acceptors (Lipinski definition) is 7. The number of nitrogens with zero attached hydrogens (tertiary/aromatic N) is 1. The van der Waals surface area contributed by atoms with Crippen molar-refractivity contribution < 1.29 is 13.2 Å². The van der Waals surface area contributed by atoms with Crippen LogP contribution in [0.25, 0.3) is 0 Å². The molecule has 3 N–H and O–H groups in total. The van der Waals surface area contributed by atoms with Gasteiger partial charge in [0.15, 0.2) is 4.21 Å². The van der Waals surface area contributed by atoms with E-state index in [1.807, 2.05) is 45.0 Å². The molecule has 0 amide bonds. The molecule has 2 aromatic carbocycles. The van der Waals surface area contributed by atoms with Gasteiger partial charge in [0.1, 0.15) is 5.75 Å². The van der Waals surface area contributed by atoms with Crippen LogP contribution in [-0.4, -0.2) is 32.1 Å². The van der Waals surface area contributed by atoms with Crippen molar-refractivity contribution in [1.29, 1.82) is 0 Å². The van der Waals surface area contributed by atoms with Crippen LogP contribution in [0.3, 0.4) is 0 Å². The Hall–Kier alpha value is -1.72. The average molecular weight is 602 g/mol. The number of hydrogen-bond donors (Lipinski definition) is 3. The van der Waals surface area contributed by atoms with E-state index >= 15 is 0 Å². The molecule has 7 nitrogen and oxygen atoms in total. The van der Waals surface area contributed by atoms with Gasteiger partial charge in [-0.1, -0.05) is 36.4 Å². The van der Waals surface area contributed by atoms with Crippen LogP contribution in [0.15, 0.2) is 52.7 Å². The fourth-order valence-corrected chi connectivity index (χ4v) is 7.16. The van der Waals surface area contributed by atoms with Gasteiger partial charge < -0.3 is 15.4 Å². The fraction of sp³-hybridized carbons (Fsp3) is 0.444. The molecule has 0 bridgehead atoms. The zero-order chi connectivity index (χ0) is 25.7. The van der Waals surface area contributed by atoms with Crippen molar-refractivity contribution in [1.82, 2.24) is 20.3 Å². The molecule has 1 aliphatic heterocycles. The van der Waals surface area contributed by atoms with E-state index in [1.165, 1.54) is 16.9 Å². The van der Waals surface area contributed by atoms with E-state index in [4.69, 9.17) is 4.74 Å². The minimum atomic E-state index is -3.63. The van der Waals surface area contributed by atoms with Crippen molar-refractivity contribution in [3.05, 3.63) is 75.9 Å². The molecule has 0 unspecified atom stereocenters. The minimum absolute atomic E-state index is 0. The second kappa shape index (κ2) is 14.6. The number of aromatic nitrogens is 1. The summed E-state index contributed by atoms with van der Waals surface area (Å²) in [6, 6.07) is 17.0. The Morgan fingerprint density at radius 1 is 1.11 bits per heavy atom. The summed E-state index contributed by atoms with van der Waals surface area (Å²) in [6.07, 6.45) is 2.24. The van der Waals surface area contributed by atoms with Crippen LogP contribution < -0.4 is 20.1 Å². The van der Waals surface area contributed by atoms with Crippen LogP contribution in [0.5, 0.6) is 5.75 Å². The molecule has 1 fully saturated rings. The molecule has 1 saturated heterocycles. The van der Waals surface area contributed by atoms with Crippen LogP contribution in [0.2, 0.25) is 0 Å². The van der Waals surface area contributed by atoms with Gasteiger partial charge in [-0.3, -0.25) is 0 Å². The van der Waals surface area contributed by atoms with Crippen molar-refractivity contribution in [2.45, 2.75) is 76.0 Å². The SMILES string of the molecule is Cc1nc(C)c(S(=O)(=O)NCc2ccc(OC(C)C)c(CN[C@H]3CCCN[C@H]3c3ccccc3)c2)s1.Cl.Cl. The summed E-state index contributed by atoms with van der Waals surface area (Å²) in [5.41, 5.74) is 3.71. The zero-order valence-electron chi connectivity index (χ0n) is 22.2. The van der Waals surface area contributed by atoms with Crippen molar-refractivity contribution in [3.8, 4) is 5.75 Å². The number of sulfonamides is 1. The van der Waals surface area contributed by atoms with Crippen LogP contribution in [0.4, 0.5) is 0 Å². The standard InChI is InChI=1S/C27H36N4O3S2.2ClH/c1-18(2)34-25-13-12-21(16-30-36(32,33)27-19(3)31-20(4)35-27)15-23(25)17-29-24-11-8-14-28-26(24)22-9-6-5-7-10-22;;/h5-7,9-10,12-13,15,18,24,26,28-30H,8,11,14,16-17H2,1-4H3;2*1H/t24-,26-;;/m0../s1. The van der Waals surface area contributed by atoms with E-state index in [-0.39, 0.29) is 53.8 Å². The highest BCUT2D eigenvalue weighted by molar-refractivity contribution is 7.91. The molecular formula is C27H38Cl2N4O3S2. The number of thiazole rings is 1. The molecule has 11 heteroatoms. The molecule has 2 atom stereocenters. The molecule has 210 valence electrons. The Morgan fingerprint density at radius 3 is 2.50 bits per heavy atom. The van der Waals surface area contributed by atoms with Gasteiger partial charge in [0, 0.05) is 30.7 Å². The monoisotopic (exact) mass is 600 g/mol. The molecule has 0 spiro atoms. The van der Waals surface area contributed by atoms with Gasteiger partial charge in [0.05, 0.1) is 16.8 Å². The molecule has 0 aliphatic carbocycles. The number of nitrogens with one attached hydrogen (secondary N) is 3. The van der Waals surface area contributed by atoms with Gasteiger partial charge in [-0.05, 0) is 70.3 Å². The molecular weight excluding hydrogens is 563 g/mol. The third kappa shape index (κ3) is 8.39. The normalized spacial score (nSPS) is 17.5. The lowest BCUT2D eigenvalue weighted by atomic mass is 9.92. The highest BCUT2D eigenvalue weighted by Gasteiger charge is 2.26. The van der Waals surface area contributed by atoms with Gasteiger partial charge in [-0.2, -0.15) is 0 Å². The lowest BCUT2D eigenvalue weighted by Crippen LogP contribution is -2.45. The van der Waals surface area contributed by atoms with Crippen molar-refractivity contribution in [2.24, 2.45) is 0 Å². The predicted octanol–water partition coefficient (Wildman–Crippen LogP) is 5.45. The van der Waals surface area contributed by atoms with Gasteiger partial charge in [0.2, 0.25) is 0 Å². The second-order valence-electron chi connectivity index (χ2n) is 9.51. The summed E-state index contributed by atoms with van der Waals surface area (Å²) >= 11 is 1.19. The van der Waals surface area contributed by atoms with E-state index < -0.39 is 10.0 Å². The van der Waals surface area contributed by atoms with Crippen LogP contribution in [-0.2, 0) is 23.1 Å². The smallest absolute Gasteiger partial charge is 0.252 e. The molecule has 2 heterocycles. The first-order valence-corrected chi connectivity index (χ1v) is 14.8. The summed E-state index contributed by atoms with van der Waals surface area (Å²) in [5, 5.41) is 8.15. The minimum Gasteiger partial charge on any atom is -0.491 e. The number of rotatable bonds is 10. The summed E-state index contributed by atoms with van der Waals surface area (Å²) < 4.78 is 34.8. The fourth-order valence-electron chi connectivity index (χ4n) is 4.62. The lowest BCUT2D eigenvalue weighted by molar-refractivity contribution is 0.238. The van der Waals surface area contributed by atoms with Crippen molar-refractivity contribution in [2.75, 3.05) is 6.54 Å². The number of halogens is 2. The first kappa shape index (κ1) is 32.5. The summed E-state index contributed by atoms with van der Waals surface area (Å²) in [6.45, 7) is 9.39. The van der Waals surface area contributed by atoms with Gasteiger partial charge >= 0.3 is 0 Å². The largest absolute Gasteiger partial charge is 0.491 e. The maximum Gasteiger partial charge on any atom is 0.252 e. The van der Waals surface area contributed by atoms with E-state index in [1.54, 1.807) is 6.92 Å². The molecule has 1 aromatic heterocycles. The quantitative estimate of drug-likeness (QED) is 0.286. The van der Waals surface area contributed by atoms with E-state index in [2.05, 4.69) is 44.6 Å². The average Bonchev–Trinajstić information content (AvgIpc) is 3.21. The third-order valence-electron chi connectivity index (χ3n) is 6.23. The van der Waals surface area contributed by atoms with Gasteiger partial charge in [-0.25, -0.2) is 18.1 Å². The molecule has 4 rings (SSSR count). The third-order valence-corrected chi connectivity index (χ3v) is 9.31. The number of benzene rings is 2. The highest BCUT2D eigenvalue weighted by atomic mass is 35.5. The summed E-state index contributed by atoms with van der Waals surface area (Å²) in [5.74, 6) is 0.818. The molecule has 0 radical (unpaired) electrons. The lowest BCUT2D eigenvalue weighted by Gasteiger charge is -2.34. The second-order valence-corrected chi connectivity index (χ2v) is 12.7. The van der Waals surface area contributed by atoms with E-state index in [0.29, 0.717) is 12.2 Å². The number of ether oxygens (including phenoxy) is 1. The van der Waals surface area contributed by atoms with E-state index in [9.17, 15) is 8.42 Å². The number of piperidine rings is 1. The maximum absolute atomic E-state index is 12.9. The summed E-state index contributed by atoms with van der Waals surface area (Å²) in [7, 11) is -3.63. The Balaban J connectivity index is 0.00000253. The molecule has 0 saturated carbocycles.